The smallest absolute Gasteiger partial charge is 0.255 e. The molecule has 13 rings (SSSR count). The predicted octanol–water partition coefficient (Wildman–Crippen LogP) is 19.2. The lowest BCUT2D eigenvalue weighted by Gasteiger charge is -2.31. The number of aliphatic hydroxyl groups is 1. The number of alkyl halides is 8. The summed E-state index contributed by atoms with van der Waals surface area (Å²) >= 11 is 24.9. The average Bonchev–Trinajstić information content (AvgIpc) is 1.42. The fourth-order valence-corrected chi connectivity index (χ4v) is 13.1. The van der Waals surface area contributed by atoms with Crippen LogP contribution < -0.4 is 27.4 Å². The maximum atomic E-state index is 13.3. The van der Waals surface area contributed by atoms with Gasteiger partial charge < -0.3 is 61.9 Å². The van der Waals surface area contributed by atoms with Gasteiger partial charge in [0.25, 0.3) is 47.3 Å². The number of aryl methyl sites for hydroxylation is 1. The van der Waals surface area contributed by atoms with Crippen molar-refractivity contribution in [1.29, 1.82) is 5.26 Å². The molecule has 0 atom stereocenters. The maximum Gasteiger partial charge on any atom is 0.255 e. The van der Waals surface area contributed by atoms with E-state index in [1.54, 1.807) is 106 Å². The van der Waals surface area contributed by atoms with Crippen molar-refractivity contribution in [2.45, 2.75) is 114 Å². The van der Waals surface area contributed by atoms with Crippen molar-refractivity contribution in [3.63, 3.8) is 0 Å². The SMILES string of the molecule is C#CCCC(C)(C)O.Cc1nc(-c2ccc(Nc3ncc(C(=O)N4CCC(F)(F)CC4)cc3Br)cc2)no1.N#Cc1ccc(N)cc1.NC(=NO)c1ccc(Nc2ncc(C(=O)N3CCC(F)(F)CC3)cc2Br)cc1.O=C(c1cnc(Cl)c(Br)c1)N1CCC(F)(F)CC1.O=C(c1cnc(Nc2ccc(Cl)cc2)c(Br)c1)N1CCC(F)(F)CC1. The van der Waals surface area contributed by atoms with Crippen LogP contribution in [-0.4, -0.2) is 171 Å². The molecule has 5 aromatic heterocycles. The molecule has 38 heteroatoms. The Morgan fingerprint density at radius 2 is 0.881 bits per heavy atom. The number of nitrogens with two attached hydrogens (primary N) is 2. The molecule has 4 saturated heterocycles. The molecule has 118 heavy (non-hydrogen) atoms. The zero-order chi connectivity index (χ0) is 86.3. The Balaban J connectivity index is 0.000000185. The number of hydrogen-bond donors (Lipinski definition) is 7. The van der Waals surface area contributed by atoms with E-state index >= 15 is 0 Å². The summed E-state index contributed by atoms with van der Waals surface area (Å²) in [4.78, 5) is 76.2. The minimum atomic E-state index is -2.70. The van der Waals surface area contributed by atoms with Gasteiger partial charge in [-0.05, 0) is 205 Å². The Morgan fingerprint density at radius 1 is 0.551 bits per heavy atom. The Kier molecular flexibility index (Phi) is 33.7. The predicted molar refractivity (Wildman–Crippen MR) is 448 cm³/mol. The summed E-state index contributed by atoms with van der Waals surface area (Å²) in [6.07, 6.45) is 9.50. The summed E-state index contributed by atoms with van der Waals surface area (Å²) in [6, 6.07) is 36.6. The van der Waals surface area contributed by atoms with Gasteiger partial charge in [0.15, 0.2) is 5.84 Å². The molecule has 0 spiro atoms. The molecule has 0 bridgehead atoms. The molecule has 4 fully saturated rings. The first-order valence-electron chi connectivity index (χ1n) is 36.1. The summed E-state index contributed by atoms with van der Waals surface area (Å²) < 4.78 is 113. The van der Waals surface area contributed by atoms with Gasteiger partial charge in [0.2, 0.25) is 11.7 Å². The van der Waals surface area contributed by atoms with Crippen LogP contribution in [-0.2, 0) is 0 Å². The molecule has 624 valence electrons. The summed E-state index contributed by atoms with van der Waals surface area (Å²) in [5, 5.41) is 43.2. The number of piperidine rings is 4. The number of carbonyl (C=O) groups is 4. The molecular weight excluding hydrogens is 1850 g/mol. The van der Waals surface area contributed by atoms with Gasteiger partial charge in [0.1, 0.15) is 22.6 Å². The highest BCUT2D eigenvalue weighted by Crippen LogP contribution is 2.36. The molecule has 0 saturated carbocycles. The first-order valence-corrected chi connectivity index (χ1v) is 40.1. The van der Waals surface area contributed by atoms with E-state index in [9.17, 15) is 54.3 Å². The Labute approximate surface area is 718 Å². The molecule has 4 aromatic carbocycles. The highest BCUT2D eigenvalue weighted by molar-refractivity contribution is 9.11. The van der Waals surface area contributed by atoms with Gasteiger partial charge in [-0.2, -0.15) is 10.2 Å². The second-order valence-electron chi connectivity index (χ2n) is 27.7. The first kappa shape index (κ1) is 93.4. The van der Waals surface area contributed by atoms with Gasteiger partial charge >= 0.3 is 0 Å². The molecule has 4 amide bonds. The highest BCUT2D eigenvalue weighted by atomic mass is 79.9. The van der Waals surface area contributed by atoms with Gasteiger partial charge in [-0.25, -0.2) is 55.1 Å². The maximum absolute atomic E-state index is 13.3. The fourth-order valence-electron chi connectivity index (χ4n) is 11.1. The van der Waals surface area contributed by atoms with E-state index in [0.717, 1.165) is 16.9 Å². The average molecular weight is 1930 g/mol. The van der Waals surface area contributed by atoms with Crippen LogP contribution in [0.3, 0.4) is 0 Å². The second kappa shape index (κ2) is 42.5. The van der Waals surface area contributed by atoms with E-state index in [0.29, 0.717) is 110 Å². The van der Waals surface area contributed by atoms with E-state index in [1.165, 1.54) is 44.4 Å². The zero-order valence-corrected chi connectivity index (χ0v) is 71.3. The van der Waals surface area contributed by atoms with Crippen LogP contribution in [0, 0.1) is 30.6 Å². The van der Waals surface area contributed by atoms with Crippen LogP contribution in [0.4, 0.5) is 75.3 Å². The minimum Gasteiger partial charge on any atom is -0.409 e. The Bertz CT molecular complexity index is 5030. The van der Waals surface area contributed by atoms with Crippen molar-refractivity contribution in [3.05, 3.63) is 213 Å². The van der Waals surface area contributed by atoms with Crippen LogP contribution in [0.2, 0.25) is 10.2 Å². The zero-order valence-electron chi connectivity index (χ0n) is 63.4. The first-order chi connectivity index (χ1) is 55.7. The summed E-state index contributed by atoms with van der Waals surface area (Å²) in [5.74, 6) is -6.91. The number of rotatable bonds is 14. The number of nitrogen functional groups attached to an aromatic ring is 1. The number of anilines is 7. The van der Waals surface area contributed by atoms with Crippen molar-refractivity contribution in [2.24, 2.45) is 10.9 Å². The number of nitriles is 1. The largest absolute Gasteiger partial charge is 0.409 e. The summed E-state index contributed by atoms with van der Waals surface area (Å²) in [7, 11) is 0. The van der Waals surface area contributed by atoms with Gasteiger partial charge in [-0.15, -0.1) is 12.3 Å². The quantitative estimate of drug-likeness (QED) is 0.00777. The minimum absolute atomic E-state index is 0.00389. The number of pyridine rings is 4. The number of likely N-dealkylation sites (tertiary alicyclic amines) is 4. The van der Waals surface area contributed by atoms with Crippen LogP contribution in [0.15, 0.2) is 174 Å². The van der Waals surface area contributed by atoms with Gasteiger partial charge in [0.05, 0.1) is 57.4 Å². The normalized spacial score (nSPS) is 15.7. The van der Waals surface area contributed by atoms with Gasteiger partial charge in [0, 0.05) is 181 Å². The van der Waals surface area contributed by atoms with Gasteiger partial charge in [-0.3, -0.25) is 19.2 Å². The molecular formula is C80H79Br4Cl2F8N17O7. The van der Waals surface area contributed by atoms with Crippen LogP contribution in [0.1, 0.15) is 137 Å². The monoisotopic (exact) mass is 1930 g/mol. The molecule has 9 N–H and O–H groups in total. The number of nitrogens with zero attached hydrogens (tertiary/aromatic N) is 12. The number of terminal acetylenes is 1. The van der Waals surface area contributed by atoms with Gasteiger partial charge in [-0.1, -0.05) is 33.5 Å². The van der Waals surface area contributed by atoms with Crippen molar-refractivity contribution >= 4 is 157 Å². The second-order valence-corrected chi connectivity index (χ2v) is 31.9. The third-order valence-electron chi connectivity index (χ3n) is 17.9. The molecule has 0 radical (unpaired) electrons. The lowest BCUT2D eigenvalue weighted by atomic mass is 10.0. The topological polar surface area (TPSA) is 336 Å². The number of hydrogen-bond acceptors (Lipinski definition) is 19. The number of oxime groups is 1. The Morgan fingerprint density at radius 3 is 1.17 bits per heavy atom. The van der Waals surface area contributed by atoms with Crippen LogP contribution in [0.25, 0.3) is 11.4 Å². The van der Waals surface area contributed by atoms with Crippen molar-refractivity contribution in [2.75, 3.05) is 74.0 Å². The molecule has 9 aromatic rings. The third-order valence-corrected chi connectivity index (χ3v) is 21.1. The van der Waals surface area contributed by atoms with E-state index in [1.807, 2.05) is 42.5 Å². The summed E-state index contributed by atoms with van der Waals surface area (Å²) in [5.41, 5.74) is 16.7. The lowest BCUT2D eigenvalue weighted by molar-refractivity contribution is -0.0503. The third kappa shape index (κ3) is 29.2. The molecule has 4 aliphatic rings. The molecule has 0 aliphatic carbocycles. The fraction of sp³-hybridized carbons (Fsp3) is 0.325. The van der Waals surface area contributed by atoms with E-state index in [-0.39, 0.29) is 138 Å². The van der Waals surface area contributed by atoms with E-state index in [2.05, 4.69) is 121 Å². The van der Waals surface area contributed by atoms with Crippen molar-refractivity contribution < 1.29 is 69.1 Å². The Hall–Kier alpha value is -10.1. The summed E-state index contributed by atoms with van der Waals surface area (Å²) in [6.45, 7) is 5.58. The molecule has 0 unspecified atom stereocenters. The molecule has 24 nitrogen and oxygen atoms in total. The number of carbonyl (C=O) groups excluding carboxylic acids is 4. The molecule has 9 heterocycles. The number of benzene rings is 4. The van der Waals surface area contributed by atoms with Crippen molar-refractivity contribution in [1.82, 2.24) is 49.7 Å². The number of aromatic nitrogens is 6. The highest BCUT2D eigenvalue weighted by Gasteiger charge is 2.40. The number of amidine groups is 1. The number of halogens is 14. The lowest BCUT2D eigenvalue weighted by Crippen LogP contribution is -2.42. The van der Waals surface area contributed by atoms with E-state index in [4.69, 9.17) is 61.2 Å². The van der Waals surface area contributed by atoms with Crippen LogP contribution >= 0.6 is 86.9 Å². The standard InChI is InChI=1S/C20H18BrF2N5O2.C18H18BrF2N5O2.C17H15BrClF2N3O.C11H10BrClF2N2O.C7H6N2.C7H12O/c1-12-25-17(27-30-12)13-2-4-15(5-3-13)26-18-16(21)10-14(11-24-18)19(29)28-8-6-20(22,23)7-9-28;19-14-9-12(17(27)26-7-5-18(20,21)6-8-26)10-23-16(14)24-13-3-1-11(2-4-13)15(22)25-28;18-14-9-11(16(25)24-7-5-17(20,21)6-8-24)10-22-15(14)23-13-3-1-12(19)2-4-13;12-8-5-7(6-16-9(8)13)10(18)17-3-1-11(14,15)2-4-17;8-5-6-1-3-7(9)4-2-6;1-4-5-6-7(2,3)8/h2-5,10-11H,6-9H2,1H3,(H,24,26);1-4,9-10,28H,5-8H2,(H2,22,25)(H,23,24);1-4,9-10H,5-8H2,(H,22,23);5-6H,1-4H2;1-4H,9H2;1,8H,5-6H2,2-3H3. The number of nitrogens with one attached hydrogen (secondary N) is 3. The van der Waals surface area contributed by atoms with E-state index < -0.39 is 29.3 Å². The molecule has 4 aliphatic heterocycles. The van der Waals surface area contributed by atoms with Crippen LogP contribution in [0.5, 0.6) is 0 Å². The van der Waals surface area contributed by atoms with Crippen molar-refractivity contribution in [3.8, 4) is 29.8 Å². The number of amides is 4.